The largest absolute Gasteiger partial charge is 0.367 e. The Morgan fingerprint density at radius 3 is 2.03 bits per heavy atom. The van der Waals surface area contributed by atoms with Crippen molar-refractivity contribution in [3.63, 3.8) is 0 Å². The van der Waals surface area contributed by atoms with E-state index in [0.717, 1.165) is 8.47 Å². The minimum Gasteiger partial charge on any atom is -0.367 e. The summed E-state index contributed by atoms with van der Waals surface area (Å²) >= 11 is 13.7. The van der Waals surface area contributed by atoms with Gasteiger partial charge in [-0.15, -0.1) is 0 Å². The summed E-state index contributed by atoms with van der Waals surface area (Å²) in [5.74, 6) is -10.2. The first kappa shape index (κ1) is 27.3. The zero-order valence-electron chi connectivity index (χ0n) is 18.7. The number of carbonyl (C=O) groups is 1. The highest BCUT2D eigenvalue weighted by Gasteiger charge is 2.31. The molecule has 1 fully saturated rings. The standard InChI is InChI=1S/C24H17ClF5IN4OS/c25-14-11-12(32-24(37)33-23(36)13-3-1-2-4-15(13)31)5-6-16(14)34-7-9-35(10-8-34)22-20(29)18(27)17(26)19(28)21(22)30/h1-6,11H,7-10H2,(H2,32,33,36,37). The molecule has 13 heteroatoms. The number of nitrogens with zero attached hydrogens (tertiary/aromatic N) is 2. The van der Waals surface area contributed by atoms with Crippen molar-refractivity contribution < 1.29 is 26.7 Å². The van der Waals surface area contributed by atoms with Crippen LogP contribution in [0.3, 0.4) is 0 Å². The molecule has 0 aliphatic carbocycles. The molecule has 0 radical (unpaired) electrons. The fraction of sp³-hybridized carbons (Fsp3) is 0.167. The summed E-state index contributed by atoms with van der Waals surface area (Å²) in [6.07, 6.45) is 0. The molecule has 0 atom stereocenters. The van der Waals surface area contributed by atoms with E-state index < -0.39 is 34.8 Å². The molecular formula is C24H17ClF5IN4OS. The maximum atomic E-state index is 14.2. The van der Waals surface area contributed by atoms with Gasteiger partial charge in [0.15, 0.2) is 28.4 Å². The number of piperazine rings is 1. The average Bonchev–Trinajstić information content (AvgIpc) is 2.87. The number of nitrogens with one attached hydrogen (secondary N) is 2. The Labute approximate surface area is 232 Å². The number of hydrogen-bond donors (Lipinski definition) is 2. The van der Waals surface area contributed by atoms with Gasteiger partial charge in [-0.05, 0) is 65.1 Å². The minimum absolute atomic E-state index is 0.00306. The summed E-state index contributed by atoms with van der Waals surface area (Å²) < 4.78 is 69.7. The number of hydrogen-bond acceptors (Lipinski definition) is 4. The molecule has 0 spiro atoms. The van der Waals surface area contributed by atoms with E-state index in [0.29, 0.717) is 22.0 Å². The van der Waals surface area contributed by atoms with Gasteiger partial charge in [0.05, 0.1) is 16.3 Å². The first-order valence-corrected chi connectivity index (χ1v) is 12.6. The Balaban J connectivity index is 1.40. The van der Waals surface area contributed by atoms with E-state index in [-0.39, 0.29) is 37.2 Å². The molecule has 37 heavy (non-hydrogen) atoms. The van der Waals surface area contributed by atoms with Crippen LogP contribution >= 0.6 is 46.4 Å². The zero-order chi connectivity index (χ0) is 26.9. The second-order valence-corrected chi connectivity index (χ2v) is 9.92. The third-order valence-corrected chi connectivity index (χ3v) is 7.12. The maximum Gasteiger partial charge on any atom is 0.258 e. The van der Waals surface area contributed by atoms with Crippen LogP contribution in [0.2, 0.25) is 5.02 Å². The minimum atomic E-state index is -2.19. The molecule has 1 heterocycles. The molecule has 1 amide bonds. The van der Waals surface area contributed by atoms with Crippen LogP contribution in [0.4, 0.5) is 39.0 Å². The Morgan fingerprint density at radius 2 is 1.43 bits per heavy atom. The summed E-state index contributed by atoms with van der Waals surface area (Å²) in [7, 11) is 0. The Kier molecular flexibility index (Phi) is 8.39. The Morgan fingerprint density at radius 1 is 0.865 bits per heavy atom. The van der Waals surface area contributed by atoms with Gasteiger partial charge in [-0.2, -0.15) is 0 Å². The van der Waals surface area contributed by atoms with Gasteiger partial charge in [-0.3, -0.25) is 10.1 Å². The number of amides is 1. The first-order valence-electron chi connectivity index (χ1n) is 10.8. The second kappa shape index (κ2) is 11.4. The molecule has 1 aliphatic rings. The number of halogens is 7. The van der Waals surface area contributed by atoms with E-state index in [2.05, 4.69) is 33.2 Å². The lowest BCUT2D eigenvalue weighted by Gasteiger charge is -2.38. The van der Waals surface area contributed by atoms with Crippen molar-refractivity contribution in [3.8, 4) is 0 Å². The van der Waals surface area contributed by atoms with Crippen molar-refractivity contribution in [1.29, 1.82) is 0 Å². The van der Waals surface area contributed by atoms with Crippen molar-refractivity contribution in [2.24, 2.45) is 0 Å². The molecule has 5 nitrogen and oxygen atoms in total. The van der Waals surface area contributed by atoms with Crippen LogP contribution in [-0.2, 0) is 0 Å². The van der Waals surface area contributed by atoms with Crippen LogP contribution < -0.4 is 20.4 Å². The fourth-order valence-corrected chi connectivity index (χ4v) is 5.00. The summed E-state index contributed by atoms with van der Waals surface area (Å²) in [5.41, 5.74) is 0.660. The lowest BCUT2D eigenvalue weighted by Crippen LogP contribution is -2.47. The third kappa shape index (κ3) is 5.75. The maximum absolute atomic E-state index is 14.2. The predicted molar refractivity (Wildman–Crippen MR) is 145 cm³/mol. The summed E-state index contributed by atoms with van der Waals surface area (Å²) in [6.45, 7) is 0.443. The van der Waals surface area contributed by atoms with E-state index in [4.69, 9.17) is 23.8 Å². The zero-order valence-corrected chi connectivity index (χ0v) is 22.5. The van der Waals surface area contributed by atoms with E-state index in [9.17, 15) is 26.7 Å². The number of benzene rings is 3. The van der Waals surface area contributed by atoms with Crippen molar-refractivity contribution in [1.82, 2.24) is 5.32 Å². The van der Waals surface area contributed by atoms with E-state index in [1.165, 1.54) is 0 Å². The Bertz CT molecular complexity index is 1360. The number of anilines is 3. The van der Waals surface area contributed by atoms with Gasteiger partial charge in [-0.25, -0.2) is 22.0 Å². The van der Waals surface area contributed by atoms with Crippen molar-refractivity contribution >= 4 is 74.5 Å². The molecule has 0 unspecified atom stereocenters. The van der Waals surface area contributed by atoms with E-state index >= 15 is 0 Å². The van der Waals surface area contributed by atoms with E-state index in [1.807, 2.05) is 11.0 Å². The highest BCUT2D eigenvalue weighted by molar-refractivity contribution is 14.1. The molecule has 3 aromatic carbocycles. The van der Waals surface area contributed by atoms with Crippen LogP contribution in [-0.4, -0.2) is 37.2 Å². The SMILES string of the molecule is O=C(NC(=S)Nc1ccc(N2CCN(c3c(F)c(F)c(F)c(F)c3F)CC2)c(Cl)c1)c1ccccc1I. The summed E-state index contributed by atoms with van der Waals surface area (Å²) in [4.78, 5) is 15.4. The quantitative estimate of drug-likeness (QED) is 0.116. The van der Waals surface area contributed by atoms with Gasteiger partial charge >= 0.3 is 0 Å². The van der Waals surface area contributed by atoms with Gasteiger partial charge in [-0.1, -0.05) is 23.7 Å². The van der Waals surface area contributed by atoms with Gasteiger partial charge < -0.3 is 15.1 Å². The number of rotatable bonds is 4. The molecule has 3 aromatic rings. The summed E-state index contributed by atoms with van der Waals surface area (Å²) in [5, 5.41) is 5.90. The third-order valence-electron chi connectivity index (χ3n) is 5.67. The van der Waals surface area contributed by atoms with Crippen LogP contribution in [0.15, 0.2) is 42.5 Å². The second-order valence-electron chi connectivity index (χ2n) is 7.95. The Hall–Kier alpha value is -2.71. The lowest BCUT2D eigenvalue weighted by molar-refractivity contribution is 0.0977. The molecule has 4 rings (SSSR count). The molecule has 1 aliphatic heterocycles. The summed E-state index contributed by atoms with van der Waals surface area (Å²) in [6, 6.07) is 12.0. The smallest absolute Gasteiger partial charge is 0.258 e. The number of thiocarbonyl (C=S) groups is 1. The van der Waals surface area contributed by atoms with Crippen LogP contribution in [0.1, 0.15) is 10.4 Å². The molecule has 1 saturated heterocycles. The fourth-order valence-electron chi connectivity index (χ4n) is 3.86. The molecule has 0 aromatic heterocycles. The van der Waals surface area contributed by atoms with Crippen molar-refractivity contribution in [2.75, 3.05) is 41.3 Å². The van der Waals surface area contributed by atoms with Crippen molar-refractivity contribution in [3.05, 3.63) is 85.7 Å². The molecule has 0 bridgehead atoms. The van der Waals surface area contributed by atoms with Crippen LogP contribution in [0.25, 0.3) is 0 Å². The predicted octanol–water partition coefficient (Wildman–Crippen LogP) is 6.09. The average molecular weight is 667 g/mol. The normalized spacial score (nSPS) is 13.5. The van der Waals surface area contributed by atoms with Gasteiger partial charge in [0.25, 0.3) is 5.91 Å². The molecule has 0 saturated carbocycles. The van der Waals surface area contributed by atoms with Crippen LogP contribution in [0, 0.1) is 32.7 Å². The molecule has 2 N–H and O–H groups in total. The topological polar surface area (TPSA) is 47.6 Å². The van der Waals surface area contributed by atoms with Gasteiger partial charge in [0.1, 0.15) is 5.69 Å². The molecule has 194 valence electrons. The highest BCUT2D eigenvalue weighted by Crippen LogP contribution is 2.33. The van der Waals surface area contributed by atoms with Gasteiger partial charge in [0.2, 0.25) is 5.82 Å². The molecular weight excluding hydrogens is 650 g/mol. The highest BCUT2D eigenvalue weighted by atomic mass is 127. The van der Waals surface area contributed by atoms with E-state index in [1.54, 1.807) is 36.4 Å². The van der Waals surface area contributed by atoms with Crippen molar-refractivity contribution in [2.45, 2.75) is 0 Å². The van der Waals surface area contributed by atoms with Crippen LogP contribution in [0.5, 0.6) is 0 Å². The first-order chi connectivity index (χ1) is 17.6. The number of carbonyl (C=O) groups excluding carboxylic acids is 1. The lowest BCUT2D eigenvalue weighted by atomic mass is 10.2. The monoisotopic (exact) mass is 666 g/mol. The van der Waals surface area contributed by atoms with Gasteiger partial charge in [0, 0.05) is 35.4 Å².